The zero-order valence-corrected chi connectivity index (χ0v) is 17.7. The maximum absolute atomic E-state index is 14.3. The summed E-state index contributed by atoms with van der Waals surface area (Å²) in [4.78, 5) is 0. The highest BCUT2D eigenvalue weighted by Crippen LogP contribution is 2.69. The van der Waals surface area contributed by atoms with E-state index in [9.17, 15) is 14.0 Å². The SMILES string of the molecule is C[C@]12CCC3(C=C1CC[C@H]1[C@@H]4CC[C@H](C#N)[C@@]4(C(F)F)CC[C@@H]12)CCSS3. The Morgan fingerprint density at radius 1 is 1.11 bits per heavy atom. The molecule has 0 aromatic carbocycles. The fraction of sp³-hybridized carbons (Fsp3) is 0.864. The van der Waals surface area contributed by atoms with Crippen molar-refractivity contribution in [2.24, 2.45) is 34.5 Å². The van der Waals surface area contributed by atoms with Crippen molar-refractivity contribution < 1.29 is 8.78 Å². The van der Waals surface area contributed by atoms with Crippen LogP contribution in [0.5, 0.6) is 0 Å². The van der Waals surface area contributed by atoms with Crippen LogP contribution in [0, 0.1) is 45.8 Å². The Balaban J connectivity index is 1.48. The van der Waals surface area contributed by atoms with Crippen LogP contribution in [0.4, 0.5) is 8.78 Å². The number of allylic oxidation sites excluding steroid dienone is 1. The predicted octanol–water partition coefficient (Wildman–Crippen LogP) is 6.86. The highest BCUT2D eigenvalue weighted by molar-refractivity contribution is 8.77. The molecule has 1 aliphatic heterocycles. The molecule has 1 heterocycles. The summed E-state index contributed by atoms with van der Waals surface area (Å²) in [5.74, 6) is 1.82. The molecule has 5 rings (SSSR count). The lowest BCUT2D eigenvalue weighted by Crippen LogP contribution is -2.54. The molecule has 4 aliphatic carbocycles. The lowest BCUT2D eigenvalue weighted by atomic mass is 9.46. The van der Waals surface area contributed by atoms with Crippen LogP contribution < -0.4 is 0 Å². The lowest BCUT2D eigenvalue weighted by molar-refractivity contribution is -0.128. The molecule has 1 unspecified atom stereocenters. The van der Waals surface area contributed by atoms with Gasteiger partial charge in [0.1, 0.15) is 0 Å². The van der Waals surface area contributed by atoms with Crippen LogP contribution in [0.1, 0.15) is 64.7 Å². The van der Waals surface area contributed by atoms with Crippen molar-refractivity contribution in [2.45, 2.75) is 75.9 Å². The largest absolute Gasteiger partial charge is 0.245 e. The maximum Gasteiger partial charge on any atom is 0.245 e. The van der Waals surface area contributed by atoms with Gasteiger partial charge in [-0.1, -0.05) is 40.2 Å². The monoisotopic (exact) mass is 409 g/mol. The van der Waals surface area contributed by atoms with Gasteiger partial charge < -0.3 is 0 Å². The number of hydrogen-bond acceptors (Lipinski definition) is 3. The van der Waals surface area contributed by atoms with E-state index >= 15 is 0 Å². The van der Waals surface area contributed by atoms with Gasteiger partial charge in [0, 0.05) is 10.5 Å². The van der Waals surface area contributed by atoms with Gasteiger partial charge in [-0.25, -0.2) is 8.78 Å². The standard InChI is InChI=1S/C22H29F2NS2/c1-20-8-9-21(10-11-26-27-21)12-14(20)2-4-16-17(20)6-7-22(19(23)24)15(13-25)3-5-18(16)22/h12,15-19H,2-11H2,1H3/t15-,16-,17+,18+,20+,21?,22+/m1/s1. The third-order valence-electron chi connectivity index (χ3n) is 9.23. The van der Waals surface area contributed by atoms with Crippen LogP contribution in [0.2, 0.25) is 0 Å². The Labute approximate surface area is 169 Å². The number of halogens is 2. The van der Waals surface area contributed by atoms with Gasteiger partial charge in [-0.05, 0) is 81.0 Å². The van der Waals surface area contributed by atoms with Crippen molar-refractivity contribution >= 4 is 21.6 Å². The second kappa shape index (κ2) is 6.39. The summed E-state index contributed by atoms with van der Waals surface area (Å²) in [6.45, 7) is 2.45. The highest BCUT2D eigenvalue weighted by atomic mass is 33.1. The molecule has 0 N–H and O–H groups in total. The van der Waals surface area contributed by atoms with Crippen LogP contribution in [0.25, 0.3) is 0 Å². The summed E-state index contributed by atoms with van der Waals surface area (Å²) in [7, 11) is 4.09. The number of fused-ring (bicyclic) bond motifs is 5. The minimum atomic E-state index is -2.35. The van der Waals surface area contributed by atoms with E-state index in [-0.39, 0.29) is 11.3 Å². The van der Waals surface area contributed by atoms with Crippen LogP contribution in [-0.2, 0) is 0 Å². The average molecular weight is 410 g/mol. The fourth-order valence-electron chi connectivity index (χ4n) is 7.78. The van der Waals surface area contributed by atoms with E-state index in [2.05, 4.69) is 29.9 Å². The van der Waals surface area contributed by atoms with Crippen molar-refractivity contribution in [2.75, 3.05) is 5.75 Å². The van der Waals surface area contributed by atoms with Gasteiger partial charge in [0.05, 0.1) is 17.4 Å². The van der Waals surface area contributed by atoms with Gasteiger partial charge >= 0.3 is 0 Å². The third kappa shape index (κ3) is 2.48. The second-order valence-electron chi connectivity index (χ2n) is 9.93. The first-order chi connectivity index (χ1) is 13.0. The molecule has 27 heavy (non-hydrogen) atoms. The van der Waals surface area contributed by atoms with Gasteiger partial charge in [-0.2, -0.15) is 5.26 Å². The number of nitrogens with zero attached hydrogens (tertiary/aromatic N) is 1. The van der Waals surface area contributed by atoms with E-state index in [0.717, 1.165) is 25.7 Å². The van der Waals surface area contributed by atoms with Crippen molar-refractivity contribution in [1.82, 2.24) is 0 Å². The minimum absolute atomic E-state index is 0.0616. The molecule has 0 aromatic rings. The van der Waals surface area contributed by atoms with Crippen LogP contribution >= 0.6 is 21.6 Å². The Morgan fingerprint density at radius 2 is 1.96 bits per heavy atom. The average Bonchev–Trinajstić information content (AvgIpc) is 3.27. The molecule has 1 nitrogen and oxygen atoms in total. The van der Waals surface area contributed by atoms with E-state index < -0.39 is 17.8 Å². The van der Waals surface area contributed by atoms with Gasteiger partial charge in [-0.3, -0.25) is 0 Å². The van der Waals surface area contributed by atoms with Crippen molar-refractivity contribution in [3.8, 4) is 6.07 Å². The zero-order chi connectivity index (χ0) is 18.9. The van der Waals surface area contributed by atoms with Crippen LogP contribution in [-0.4, -0.2) is 16.9 Å². The zero-order valence-electron chi connectivity index (χ0n) is 16.1. The second-order valence-corrected chi connectivity index (χ2v) is 12.8. The highest BCUT2D eigenvalue weighted by Gasteiger charge is 2.64. The first-order valence-corrected chi connectivity index (χ1v) is 13.0. The van der Waals surface area contributed by atoms with Crippen molar-refractivity contribution in [3.05, 3.63) is 11.6 Å². The molecule has 0 radical (unpaired) electrons. The minimum Gasteiger partial charge on any atom is -0.210 e. The third-order valence-corrected chi connectivity index (χ3v) is 12.4. The summed E-state index contributed by atoms with van der Waals surface area (Å²) in [5.41, 5.74) is 0.840. The van der Waals surface area contributed by atoms with E-state index in [1.807, 2.05) is 10.8 Å². The molecule has 1 spiro atoms. The molecule has 148 valence electrons. The van der Waals surface area contributed by atoms with Gasteiger partial charge in [0.15, 0.2) is 0 Å². The normalized spacial score (nSPS) is 51.4. The molecule has 0 bridgehead atoms. The molecule has 0 amide bonds. The maximum atomic E-state index is 14.3. The molecule has 5 heteroatoms. The first kappa shape index (κ1) is 18.8. The Kier molecular flexibility index (Phi) is 4.45. The number of hydrogen-bond donors (Lipinski definition) is 0. The number of nitriles is 1. The van der Waals surface area contributed by atoms with Crippen molar-refractivity contribution in [1.29, 1.82) is 5.26 Å². The molecular formula is C22H29F2NS2. The van der Waals surface area contributed by atoms with E-state index in [1.54, 1.807) is 5.57 Å². The fourth-order valence-corrected chi connectivity index (χ4v) is 11.1. The molecule has 1 saturated heterocycles. The van der Waals surface area contributed by atoms with Gasteiger partial charge in [-0.15, -0.1) is 0 Å². The van der Waals surface area contributed by atoms with E-state index in [4.69, 9.17) is 0 Å². The molecular weight excluding hydrogens is 380 g/mol. The first-order valence-electron chi connectivity index (χ1n) is 10.7. The summed E-state index contributed by atoms with van der Waals surface area (Å²) < 4.78 is 29.0. The van der Waals surface area contributed by atoms with Crippen LogP contribution in [0.3, 0.4) is 0 Å². The quantitative estimate of drug-likeness (QED) is 0.349. The molecule has 5 aliphatic rings. The lowest BCUT2D eigenvalue weighted by Gasteiger charge is -2.59. The summed E-state index contributed by atoms with van der Waals surface area (Å²) >= 11 is 0. The number of rotatable bonds is 1. The van der Waals surface area contributed by atoms with Gasteiger partial charge in [0.2, 0.25) is 6.43 Å². The molecule has 0 aromatic heterocycles. The Bertz CT molecular complexity index is 695. The van der Waals surface area contributed by atoms with Gasteiger partial charge in [0.25, 0.3) is 0 Å². The Morgan fingerprint density at radius 3 is 2.67 bits per heavy atom. The van der Waals surface area contributed by atoms with Crippen molar-refractivity contribution in [3.63, 3.8) is 0 Å². The molecule has 7 atom stereocenters. The number of alkyl halides is 2. The summed E-state index contributed by atoms with van der Waals surface area (Å²) in [6, 6.07) is 2.28. The predicted molar refractivity (Wildman–Crippen MR) is 109 cm³/mol. The molecule has 3 saturated carbocycles. The summed E-state index contributed by atoms with van der Waals surface area (Å²) in [6.07, 6.45) is 9.19. The van der Waals surface area contributed by atoms with E-state index in [1.165, 1.54) is 25.0 Å². The topological polar surface area (TPSA) is 23.8 Å². The molecule has 4 fully saturated rings. The smallest absolute Gasteiger partial charge is 0.210 e. The van der Waals surface area contributed by atoms with E-state index in [0.29, 0.717) is 29.4 Å². The Hall–Kier alpha value is -0.210. The summed E-state index contributed by atoms with van der Waals surface area (Å²) in [5, 5.41) is 9.57. The van der Waals surface area contributed by atoms with Crippen LogP contribution in [0.15, 0.2) is 11.6 Å².